The van der Waals surface area contributed by atoms with E-state index in [1.807, 2.05) is 0 Å². The van der Waals surface area contributed by atoms with Gasteiger partial charge in [0.05, 0.1) is 20.3 Å². The van der Waals surface area contributed by atoms with Crippen LogP contribution >= 0.6 is 23.7 Å². The van der Waals surface area contributed by atoms with Gasteiger partial charge in [0.15, 0.2) is 11.5 Å². The van der Waals surface area contributed by atoms with Crippen LogP contribution in [-0.2, 0) is 6.42 Å². The molecule has 0 aliphatic carbocycles. The number of hydrogen-bond donors (Lipinski definition) is 1. The van der Waals surface area contributed by atoms with Gasteiger partial charge in [0.25, 0.3) is 0 Å². The molecule has 2 heterocycles. The molecule has 1 aromatic heterocycles. The van der Waals surface area contributed by atoms with E-state index in [1.54, 1.807) is 25.6 Å². The first-order valence-electron chi connectivity index (χ1n) is 6.76. The predicted octanol–water partition coefficient (Wildman–Crippen LogP) is 3.73. The molecule has 3 rings (SSSR count). The zero-order chi connectivity index (χ0) is 14.1. The lowest BCUT2D eigenvalue weighted by atomic mass is 9.89. The maximum absolute atomic E-state index is 5.45. The minimum atomic E-state index is 0. The van der Waals surface area contributed by atoms with Crippen LogP contribution in [0.25, 0.3) is 0 Å². The summed E-state index contributed by atoms with van der Waals surface area (Å²) in [7, 11) is 3.37. The number of rotatable bonds is 3. The number of thiophene rings is 1. The van der Waals surface area contributed by atoms with E-state index in [0.717, 1.165) is 24.5 Å². The molecule has 114 valence electrons. The minimum Gasteiger partial charge on any atom is -0.493 e. The fraction of sp³-hybridized carbons (Fsp3) is 0.375. The average Bonchev–Trinajstić information content (AvgIpc) is 2.91. The van der Waals surface area contributed by atoms with Gasteiger partial charge in [0, 0.05) is 11.4 Å². The van der Waals surface area contributed by atoms with Gasteiger partial charge in [-0.1, -0.05) is 0 Å². The van der Waals surface area contributed by atoms with Crippen LogP contribution in [0.2, 0.25) is 0 Å². The van der Waals surface area contributed by atoms with E-state index >= 15 is 0 Å². The highest BCUT2D eigenvalue weighted by Gasteiger charge is 2.25. The van der Waals surface area contributed by atoms with Gasteiger partial charge in [0.2, 0.25) is 0 Å². The Morgan fingerprint density at radius 2 is 1.86 bits per heavy atom. The molecule has 0 amide bonds. The van der Waals surface area contributed by atoms with Crippen LogP contribution in [0.15, 0.2) is 23.6 Å². The number of nitrogens with one attached hydrogen (secondary N) is 1. The molecule has 0 fully saturated rings. The summed E-state index contributed by atoms with van der Waals surface area (Å²) in [5.41, 5.74) is 4.01. The summed E-state index contributed by atoms with van der Waals surface area (Å²) in [6.07, 6.45) is 1.02. The highest BCUT2D eigenvalue weighted by Crippen LogP contribution is 2.38. The summed E-state index contributed by atoms with van der Waals surface area (Å²) in [4.78, 5) is 1.37. The highest BCUT2D eigenvalue weighted by molar-refractivity contribution is 7.10. The smallest absolute Gasteiger partial charge is 0.161 e. The number of aryl methyl sites for hydroxylation is 1. The lowest BCUT2D eigenvalue weighted by Gasteiger charge is -2.28. The Hall–Kier alpha value is -1.23. The van der Waals surface area contributed by atoms with Crippen molar-refractivity contribution in [3.8, 4) is 11.5 Å². The third kappa shape index (κ3) is 2.89. The maximum atomic E-state index is 5.45. The maximum Gasteiger partial charge on any atom is 0.161 e. The van der Waals surface area contributed by atoms with Gasteiger partial charge < -0.3 is 14.8 Å². The summed E-state index contributed by atoms with van der Waals surface area (Å²) < 4.78 is 10.9. The van der Waals surface area contributed by atoms with Crippen LogP contribution in [0.5, 0.6) is 11.5 Å². The van der Waals surface area contributed by atoms with Gasteiger partial charge in [-0.15, -0.1) is 23.7 Å². The Bertz CT molecular complexity index is 627. The van der Waals surface area contributed by atoms with Crippen LogP contribution in [0, 0.1) is 6.92 Å². The van der Waals surface area contributed by atoms with E-state index < -0.39 is 0 Å². The first-order chi connectivity index (χ1) is 9.74. The van der Waals surface area contributed by atoms with Crippen molar-refractivity contribution in [1.82, 2.24) is 5.32 Å². The van der Waals surface area contributed by atoms with E-state index in [1.165, 1.54) is 21.6 Å². The van der Waals surface area contributed by atoms with E-state index in [-0.39, 0.29) is 18.4 Å². The highest BCUT2D eigenvalue weighted by atomic mass is 35.5. The number of benzene rings is 1. The fourth-order valence-corrected chi connectivity index (χ4v) is 3.60. The van der Waals surface area contributed by atoms with Crippen LogP contribution in [0.4, 0.5) is 0 Å². The molecular formula is C16H20ClNO2S. The first-order valence-corrected chi connectivity index (χ1v) is 7.64. The summed E-state index contributed by atoms with van der Waals surface area (Å²) in [6.45, 7) is 3.17. The van der Waals surface area contributed by atoms with Gasteiger partial charge in [-0.3, -0.25) is 0 Å². The molecule has 2 aromatic rings. The predicted molar refractivity (Wildman–Crippen MR) is 89.4 cm³/mol. The lowest BCUT2D eigenvalue weighted by Crippen LogP contribution is -2.30. The molecular weight excluding hydrogens is 306 g/mol. The summed E-state index contributed by atoms with van der Waals surface area (Å²) in [6, 6.07) is 6.69. The van der Waals surface area contributed by atoms with Crippen LogP contribution in [-0.4, -0.2) is 20.8 Å². The average molecular weight is 326 g/mol. The molecule has 1 atom stereocenters. The third-order valence-electron chi connectivity index (χ3n) is 3.91. The van der Waals surface area contributed by atoms with Crippen molar-refractivity contribution in [3.63, 3.8) is 0 Å². The van der Waals surface area contributed by atoms with E-state index in [0.29, 0.717) is 0 Å². The van der Waals surface area contributed by atoms with Crippen molar-refractivity contribution in [2.75, 3.05) is 20.8 Å². The summed E-state index contributed by atoms with van der Waals surface area (Å²) >= 11 is 1.79. The number of fused-ring (bicyclic) bond motifs is 1. The van der Waals surface area contributed by atoms with Gasteiger partial charge >= 0.3 is 0 Å². The summed E-state index contributed by atoms with van der Waals surface area (Å²) in [5, 5.41) is 5.77. The van der Waals surface area contributed by atoms with Crippen LogP contribution < -0.4 is 14.8 Å². The molecule has 0 unspecified atom stereocenters. The third-order valence-corrected chi connectivity index (χ3v) is 4.77. The second kappa shape index (κ2) is 6.69. The van der Waals surface area contributed by atoms with Crippen LogP contribution in [0.1, 0.15) is 27.6 Å². The van der Waals surface area contributed by atoms with Gasteiger partial charge in [0.1, 0.15) is 0 Å². The van der Waals surface area contributed by atoms with Gasteiger partial charge in [-0.25, -0.2) is 0 Å². The lowest BCUT2D eigenvalue weighted by molar-refractivity contribution is 0.353. The van der Waals surface area contributed by atoms with E-state index in [2.05, 4.69) is 35.8 Å². The number of halogens is 1. The molecule has 0 bridgehead atoms. The Balaban J connectivity index is 0.00000161. The number of ether oxygens (including phenoxy) is 2. The van der Waals surface area contributed by atoms with E-state index in [9.17, 15) is 0 Å². The molecule has 21 heavy (non-hydrogen) atoms. The van der Waals surface area contributed by atoms with Crippen LogP contribution in [0.3, 0.4) is 0 Å². The molecule has 5 heteroatoms. The SMILES string of the molecule is COc1cc2c(cc1OC)[C@H](c1ccsc1C)NCC2.Cl. The quantitative estimate of drug-likeness (QED) is 0.932. The van der Waals surface area contributed by atoms with Crippen molar-refractivity contribution in [2.24, 2.45) is 0 Å². The molecule has 0 radical (unpaired) electrons. The van der Waals surface area contributed by atoms with Crippen molar-refractivity contribution in [3.05, 3.63) is 45.1 Å². The van der Waals surface area contributed by atoms with Crippen molar-refractivity contribution >= 4 is 23.7 Å². The Morgan fingerprint density at radius 1 is 1.14 bits per heavy atom. The number of hydrogen-bond acceptors (Lipinski definition) is 4. The monoisotopic (exact) mass is 325 g/mol. The topological polar surface area (TPSA) is 30.5 Å². The largest absolute Gasteiger partial charge is 0.493 e. The van der Waals surface area contributed by atoms with E-state index in [4.69, 9.17) is 9.47 Å². The molecule has 0 saturated carbocycles. The van der Waals surface area contributed by atoms with Crippen molar-refractivity contribution in [1.29, 1.82) is 0 Å². The molecule has 1 N–H and O–H groups in total. The Labute approximate surface area is 135 Å². The molecule has 0 spiro atoms. The fourth-order valence-electron chi connectivity index (χ4n) is 2.85. The van der Waals surface area contributed by atoms with Gasteiger partial charge in [-0.2, -0.15) is 0 Å². The second-order valence-electron chi connectivity index (χ2n) is 4.98. The molecule has 1 aliphatic rings. The first kappa shape index (κ1) is 16.1. The Morgan fingerprint density at radius 3 is 2.48 bits per heavy atom. The molecule has 1 aromatic carbocycles. The van der Waals surface area contributed by atoms with Gasteiger partial charge in [-0.05, 0) is 53.6 Å². The number of methoxy groups -OCH3 is 2. The Kier molecular flexibility index (Phi) is 5.14. The molecule has 3 nitrogen and oxygen atoms in total. The minimum absolute atomic E-state index is 0. The standard InChI is InChI=1S/C16H19NO2S.ClH/c1-10-12(5-7-20-10)16-13-9-15(19-3)14(18-2)8-11(13)4-6-17-16;/h5,7-9,16-17H,4,6H2,1-3H3;1H/t16-;/m0./s1. The molecule has 0 saturated heterocycles. The second-order valence-corrected chi connectivity index (χ2v) is 6.10. The zero-order valence-electron chi connectivity index (χ0n) is 12.4. The van der Waals surface area contributed by atoms with Crippen molar-refractivity contribution < 1.29 is 9.47 Å². The normalized spacial score (nSPS) is 16.8. The zero-order valence-corrected chi connectivity index (χ0v) is 14.1. The molecule has 1 aliphatic heterocycles. The summed E-state index contributed by atoms with van der Waals surface area (Å²) in [5.74, 6) is 1.61. The van der Waals surface area contributed by atoms with Crippen molar-refractivity contribution in [2.45, 2.75) is 19.4 Å².